The molecule has 0 aliphatic carbocycles. The van der Waals surface area contributed by atoms with Crippen molar-refractivity contribution in [3.05, 3.63) is 64.1 Å². The van der Waals surface area contributed by atoms with Gasteiger partial charge in [-0.3, -0.25) is 0 Å². The van der Waals surface area contributed by atoms with E-state index in [1.807, 2.05) is 13.0 Å². The zero-order valence-electron chi connectivity index (χ0n) is 11.9. The Morgan fingerprint density at radius 1 is 1.09 bits per heavy atom. The zero-order chi connectivity index (χ0) is 15.9. The minimum Gasteiger partial charge on any atom is -0.490 e. The molecule has 0 unspecified atom stereocenters. The first-order valence-electron chi connectivity index (χ1n) is 6.66. The van der Waals surface area contributed by atoms with Crippen LogP contribution >= 0.6 is 23.2 Å². The zero-order valence-corrected chi connectivity index (χ0v) is 13.4. The number of hydrogen-bond donors (Lipinski definition) is 0. The summed E-state index contributed by atoms with van der Waals surface area (Å²) in [4.78, 5) is 11.9. The molecule has 0 bridgehead atoms. The Bertz CT molecular complexity index is 676. The van der Waals surface area contributed by atoms with Gasteiger partial charge in [0.2, 0.25) is 0 Å². The monoisotopic (exact) mass is 336 g/mol. The normalized spacial score (nSPS) is 10.7. The number of esters is 1. The Hall–Kier alpha value is -1.97. The van der Waals surface area contributed by atoms with E-state index >= 15 is 0 Å². The van der Waals surface area contributed by atoms with E-state index in [0.29, 0.717) is 33.7 Å². The fraction of sp³-hybridized carbons (Fsp3) is 0.118. The Balaban J connectivity index is 2.08. The fourth-order valence-corrected chi connectivity index (χ4v) is 2.33. The van der Waals surface area contributed by atoms with Gasteiger partial charge in [0.25, 0.3) is 0 Å². The highest BCUT2D eigenvalue weighted by atomic mass is 35.5. The van der Waals surface area contributed by atoms with E-state index in [-0.39, 0.29) is 0 Å². The summed E-state index contributed by atoms with van der Waals surface area (Å²) in [7, 11) is 0. The highest BCUT2D eigenvalue weighted by Crippen LogP contribution is 2.26. The van der Waals surface area contributed by atoms with Crippen LogP contribution in [-0.4, -0.2) is 12.6 Å². The summed E-state index contributed by atoms with van der Waals surface area (Å²) < 4.78 is 10.7. The predicted octanol–water partition coefficient (Wildman–Crippen LogP) is 5.01. The third kappa shape index (κ3) is 4.79. The van der Waals surface area contributed by atoms with Crippen LogP contribution in [0.5, 0.6) is 11.5 Å². The van der Waals surface area contributed by atoms with Gasteiger partial charge in [0.1, 0.15) is 0 Å². The molecule has 2 rings (SSSR count). The van der Waals surface area contributed by atoms with Crippen molar-refractivity contribution in [3.8, 4) is 11.5 Å². The highest BCUT2D eigenvalue weighted by Gasteiger charge is 2.07. The van der Waals surface area contributed by atoms with Crippen LogP contribution in [0.3, 0.4) is 0 Å². The lowest BCUT2D eigenvalue weighted by Gasteiger charge is -2.08. The second-order valence-electron chi connectivity index (χ2n) is 4.34. The maximum Gasteiger partial charge on any atom is 0.336 e. The van der Waals surface area contributed by atoms with E-state index in [2.05, 4.69) is 0 Å². The van der Waals surface area contributed by atoms with Crippen molar-refractivity contribution < 1.29 is 14.3 Å². The lowest BCUT2D eigenvalue weighted by molar-refractivity contribution is -0.129. The topological polar surface area (TPSA) is 35.5 Å². The van der Waals surface area contributed by atoms with E-state index < -0.39 is 5.97 Å². The van der Waals surface area contributed by atoms with Crippen molar-refractivity contribution in [3.63, 3.8) is 0 Å². The molecule has 0 radical (unpaired) electrons. The summed E-state index contributed by atoms with van der Waals surface area (Å²) in [5.74, 6) is 0.393. The summed E-state index contributed by atoms with van der Waals surface area (Å²) in [6.45, 7) is 2.35. The molecule has 0 amide bonds. The number of halogens is 2. The van der Waals surface area contributed by atoms with Gasteiger partial charge < -0.3 is 9.47 Å². The smallest absolute Gasteiger partial charge is 0.336 e. The van der Waals surface area contributed by atoms with E-state index in [1.165, 1.54) is 6.08 Å². The molecule has 2 aromatic carbocycles. The Labute approximate surface area is 139 Å². The van der Waals surface area contributed by atoms with E-state index in [9.17, 15) is 4.79 Å². The third-order valence-corrected chi connectivity index (χ3v) is 3.09. The maximum atomic E-state index is 11.9. The number of rotatable bonds is 5. The van der Waals surface area contributed by atoms with Gasteiger partial charge >= 0.3 is 5.97 Å². The van der Waals surface area contributed by atoms with Crippen LogP contribution in [-0.2, 0) is 4.79 Å². The molecule has 0 saturated heterocycles. The molecule has 2 aromatic rings. The van der Waals surface area contributed by atoms with Crippen LogP contribution in [0.15, 0.2) is 48.5 Å². The first kappa shape index (κ1) is 16.4. The first-order valence-corrected chi connectivity index (χ1v) is 7.42. The molecule has 22 heavy (non-hydrogen) atoms. The molecule has 0 aliphatic heterocycles. The molecule has 5 heteroatoms. The van der Waals surface area contributed by atoms with Gasteiger partial charge in [-0.15, -0.1) is 0 Å². The Morgan fingerprint density at radius 3 is 2.36 bits per heavy atom. The molecule has 0 spiro atoms. The number of benzene rings is 2. The van der Waals surface area contributed by atoms with Crippen LogP contribution < -0.4 is 9.47 Å². The second-order valence-corrected chi connectivity index (χ2v) is 5.21. The minimum absolute atomic E-state index is 0.378. The van der Waals surface area contributed by atoms with E-state index in [0.717, 1.165) is 0 Å². The average Bonchev–Trinajstić information content (AvgIpc) is 2.46. The summed E-state index contributed by atoms with van der Waals surface area (Å²) in [5, 5.41) is 1.00. The van der Waals surface area contributed by atoms with Gasteiger partial charge in [-0.05, 0) is 48.9 Å². The molecule has 0 atom stereocenters. The number of carbonyl (C=O) groups excluding carboxylic acids is 1. The van der Waals surface area contributed by atoms with Gasteiger partial charge in [-0.2, -0.15) is 0 Å². The van der Waals surface area contributed by atoms with E-state index in [4.69, 9.17) is 32.7 Å². The lowest BCUT2D eigenvalue weighted by atomic mass is 10.2. The second kappa shape index (κ2) is 7.87. The van der Waals surface area contributed by atoms with Gasteiger partial charge in [0, 0.05) is 16.1 Å². The number of carbonyl (C=O) groups is 1. The predicted molar refractivity (Wildman–Crippen MR) is 88.7 cm³/mol. The maximum absolute atomic E-state index is 11.9. The van der Waals surface area contributed by atoms with Crippen molar-refractivity contribution in [2.24, 2.45) is 0 Å². The van der Waals surface area contributed by atoms with Gasteiger partial charge in [0.05, 0.1) is 6.61 Å². The summed E-state index contributed by atoms with van der Waals surface area (Å²) in [5.41, 5.74) is 0.715. The van der Waals surface area contributed by atoms with Gasteiger partial charge in [-0.25, -0.2) is 4.79 Å². The van der Waals surface area contributed by atoms with Crippen LogP contribution in [0.4, 0.5) is 0 Å². The standard InChI is InChI=1S/C17H14Cl2O3/c1-2-21-15-5-3-4-6-16(15)22-17(20)8-7-12-9-13(18)11-14(19)10-12/h3-11H,2H2,1H3/b8-7-. The molecule has 3 nitrogen and oxygen atoms in total. The van der Waals surface area contributed by atoms with Crippen LogP contribution in [0.25, 0.3) is 6.08 Å². The summed E-state index contributed by atoms with van der Waals surface area (Å²) in [6.07, 6.45) is 2.90. The third-order valence-electron chi connectivity index (χ3n) is 2.66. The van der Waals surface area contributed by atoms with Crippen molar-refractivity contribution in [2.45, 2.75) is 6.92 Å². The first-order chi connectivity index (χ1) is 10.6. The number of ether oxygens (including phenoxy) is 2. The average molecular weight is 337 g/mol. The van der Waals surface area contributed by atoms with Crippen molar-refractivity contribution in [2.75, 3.05) is 6.61 Å². The molecule has 0 N–H and O–H groups in total. The van der Waals surface area contributed by atoms with Crippen LogP contribution in [0.2, 0.25) is 10.0 Å². The number of hydrogen-bond acceptors (Lipinski definition) is 3. The summed E-state index contributed by atoms with van der Waals surface area (Å²) >= 11 is 11.8. The molecule has 0 aromatic heterocycles. The molecule has 0 aliphatic rings. The number of para-hydroxylation sites is 2. The van der Waals surface area contributed by atoms with Crippen LogP contribution in [0, 0.1) is 0 Å². The van der Waals surface area contributed by atoms with Crippen LogP contribution in [0.1, 0.15) is 12.5 Å². The van der Waals surface area contributed by atoms with E-state index in [1.54, 1.807) is 42.5 Å². The molecular formula is C17H14Cl2O3. The lowest BCUT2D eigenvalue weighted by Crippen LogP contribution is -2.05. The molecule has 0 fully saturated rings. The Morgan fingerprint density at radius 2 is 1.73 bits per heavy atom. The van der Waals surface area contributed by atoms with Gasteiger partial charge in [-0.1, -0.05) is 35.3 Å². The van der Waals surface area contributed by atoms with Crippen molar-refractivity contribution in [1.29, 1.82) is 0 Å². The van der Waals surface area contributed by atoms with Gasteiger partial charge in [0.15, 0.2) is 11.5 Å². The minimum atomic E-state index is -0.511. The molecule has 114 valence electrons. The highest BCUT2D eigenvalue weighted by molar-refractivity contribution is 6.34. The SMILES string of the molecule is CCOc1ccccc1OC(=O)/C=C\c1cc(Cl)cc(Cl)c1. The Kier molecular flexibility index (Phi) is 5.87. The van der Waals surface area contributed by atoms with Crippen molar-refractivity contribution >= 4 is 35.2 Å². The quantitative estimate of drug-likeness (QED) is 0.437. The molecule has 0 saturated carbocycles. The largest absolute Gasteiger partial charge is 0.490 e. The fourth-order valence-electron chi connectivity index (χ4n) is 1.79. The molecular weight excluding hydrogens is 323 g/mol. The molecule has 0 heterocycles. The van der Waals surface area contributed by atoms with Crippen molar-refractivity contribution in [1.82, 2.24) is 0 Å². The summed E-state index contributed by atoms with van der Waals surface area (Å²) in [6, 6.07) is 12.0.